The molecule has 1 amide bonds. The average Bonchev–Trinajstić information content (AvgIpc) is 2.80. The quantitative estimate of drug-likeness (QED) is 0.615. The molecule has 1 N–H and O–H groups in total. The monoisotopic (exact) mass is 476 g/mol. The molecular weight excluding hydrogens is 447 g/mol. The minimum absolute atomic E-state index is 0.0315. The summed E-state index contributed by atoms with van der Waals surface area (Å²) in [5.74, 6) is -1.67. The number of halogens is 1. The maximum absolute atomic E-state index is 13.1. The van der Waals surface area contributed by atoms with E-state index in [2.05, 4.69) is 5.32 Å². The van der Waals surface area contributed by atoms with Gasteiger partial charge in [-0.3, -0.25) is 4.79 Å². The number of hydrogen-bond donors (Lipinski definition) is 1. The molecule has 0 unspecified atom stereocenters. The Morgan fingerprint density at radius 2 is 1.67 bits per heavy atom. The molecule has 1 heterocycles. The Balaban J connectivity index is 1.69. The first-order valence-corrected chi connectivity index (χ1v) is 12.4. The molecule has 7 nitrogen and oxygen atoms in total. The molecule has 1 fully saturated rings. The second-order valence-electron chi connectivity index (χ2n) is 8.27. The summed E-state index contributed by atoms with van der Waals surface area (Å²) in [6.07, 6.45) is 1.51. The summed E-state index contributed by atoms with van der Waals surface area (Å²) in [5.41, 5.74) is 1.35. The maximum atomic E-state index is 13.1. The second-order valence-corrected chi connectivity index (χ2v) is 10.2. The Bertz CT molecular complexity index is 1110. The van der Waals surface area contributed by atoms with Crippen LogP contribution in [0.1, 0.15) is 60.6 Å². The summed E-state index contributed by atoms with van der Waals surface area (Å²) in [5, 5.41) is 2.72. The molecule has 0 aromatic heterocycles. The van der Waals surface area contributed by atoms with E-state index in [1.165, 1.54) is 35.5 Å². The lowest BCUT2D eigenvalue weighted by molar-refractivity contribution is -0.129. The van der Waals surface area contributed by atoms with E-state index in [1.54, 1.807) is 32.0 Å². The van der Waals surface area contributed by atoms with E-state index in [1.807, 2.05) is 0 Å². The minimum Gasteiger partial charge on any atom is -0.449 e. The van der Waals surface area contributed by atoms with Crippen LogP contribution in [-0.4, -0.2) is 43.8 Å². The van der Waals surface area contributed by atoms with Crippen molar-refractivity contribution in [3.05, 3.63) is 65.0 Å². The number of benzene rings is 2. The fourth-order valence-corrected chi connectivity index (χ4v) is 5.22. The highest BCUT2D eigenvalue weighted by atomic mass is 32.2. The summed E-state index contributed by atoms with van der Waals surface area (Å²) in [4.78, 5) is 25.3. The van der Waals surface area contributed by atoms with Gasteiger partial charge in [0.15, 0.2) is 6.10 Å². The Kier molecular flexibility index (Phi) is 7.86. The van der Waals surface area contributed by atoms with Crippen molar-refractivity contribution >= 4 is 21.9 Å². The van der Waals surface area contributed by atoms with Gasteiger partial charge in [0, 0.05) is 13.1 Å². The molecule has 3 rings (SSSR count). The Morgan fingerprint density at radius 3 is 2.30 bits per heavy atom. The summed E-state index contributed by atoms with van der Waals surface area (Å²) >= 11 is 0. The smallest absolute Gasteiger partial charge is 0.339 e. The van der Waals surface area contributed by atoms with Gasteiger partial charge in [-0.15, -0.1) is 0 Å². The molecule has 2 atom stereocenters. The molecule has 0 bridgehead atoms. The van der Waals surface area contributed by atoms with Gasteiger partial charge in [0.05, 0.1) is 16.5 Å². The lowest BCUT2D eigenvalue weighted by Crippen LogP contribution is -2.37. The normalized spacial score (nSPS) is 16.6. The van der Waals surface area contributed by atoms with Crippen molar-refractivity contribution in [3.63, 3.8) is 0 Å². The Morgan fingerprint density at radius 1 is 1.03 bits per heavy atom. The van der Waals surface area contributed by atoms with Gasteiger partial charge in [-0.05, 0) is 69.0 Å². The zero-order valence-electron chi connectivity index (χ0n) is 19.0. The molecule has 9 heteroatoms. The predicted octanol–water partition coefficient (Wildman–Crippen LogP) is 3.73. The van der Waals surface area contributed by atoms with Crippen molar-refractivity contribution < 1.29 is 27.1 Å². The van der Waals surface area contributed by atoms with Gasteiger partial charge < -0.3 is 10.1 Å². The minimum atomic E-state index is -3.71. The van der Waals surface area contributed by atoms with Crippen LogP contribution in [0.5, 0.6) is 0 Å². The highest BCUT2D eigenvalue weighted by Gasteiger charge is 2.28. The van der Waals surface area contributed by atoms with E-state index in [0.717, 1.165) is 19.3 Å². The van der Waals surface area contributed by atoms with Crippen LogP contribution in [0.4, 0.5) is 4.39 Å². The third-order valence-corrected chi connectivity index (χ3v) is 7.66. The van der Waals surface area contributed by atoms with Crippen molar-refractivity contribution in [3.8, 4) is 0 Å². The van der Waals surface area contributed by atoms with Gasteiger partial charge in [-0.1, -0.05) is 24.6 Å². The van der Waals surface area contributed by atoms with Gasteiger partial charge >= 0.3 is 5.97 Å². The van der Waals surface area contributed by atoms with Crippen LogP contribution >= 0.6 is 0 Å². The molecule has 2 aromatic rings. The van der Waals surface area contributed by atoms with Gasteiger partial charge in [0.2, 0.25) is 10.0 Å². The number of hydrogen-bond acceptors (Lipinski definition) is 5. The molecule has 33 heavy (non-hydrogen) atoms. The average molecular weight is 477 g/mol. The molecule has 0 aliphatic carbocycles. The van der Waals surface area contributed by atoms with Crippen LogP contribution in [0, 0.1) is 12.7 Å². The first kappa shape index (κ1) is 24.9. The fraction of sp³-hybridized carbons (Fsp3) is 0.417. The molecule has 1 aliphatic heterocycles. The van der Waals surface area contributed by atoms with E-state index >= 15 is 0 Å². The number of piperidine rings is 1. The van der Waals surface area contributed by atoms with Crippen LogP contribution in [-0.2, 0) is 19.6 Å². The molecular formula is C24H29FN2O5S. The van der Waals surface area contributed by atoms with E-state index < -0.39 is 34.0 Å². The number of carbonyl (C=O) groups is 2. The van der Waals surface area contributed by atoms with Crippen LogP contribution < -0.4 is 5.32 Å². The van der Waals surface area contributed by atoms with E-state index in [0.29, 0.717) is 24.2 Å². The van der Waals surface area contributed by atoms with Crippen LogP contribution in [0.3, 0.4) is 0 Å². The second kappa shape index (κ2) is 10.4. The molecule has 1 aliphatic rings. The largest absolute Gasteiger partial charge is 0.449 e. The third kappa shape index (κ3) is 5.97. The topological polar surface area (TPSA) is 92.8 Å². The summed E-state index contributed by atoms with van der Waals surface area (Å²) < 4.78 is 45.8. The molecule has 2 aromatic carbocycles. The number of carbonyl (C=O) groups excluding carboxylic acids is 2. The van der Waals surface area contributed by atoms with Gasteiger partial charge in [-0.25, -0.2) is 17.6 Å². The molecule has 0 saturated carbocycles. The number of esters is 1. The molecule has 178 valence electrons. The number of nitrogens with zero attached hydrogens (tertiary/aromatic N) is 1. The highest BCUT2D eigenvalue weighted by molar-refractivity contribution is 7.89. The number of sulfonamides is 1. The van der Waals surface area contributed by atoms with E-state index in [4.69, 9.17) is 4.74 Å². The number of nitrogens with one attached hydrogen (secondary N) is 1. The predicted molar refractivity (Wildman–Crippen MR) is 122 cm³/mol. The van der Waals surface area contributed by atoms with Gasteiger partial charge in [0.1, 0.15) is 5.82 Å². The fourth-order valence-electron chi connectivity index (χ4n) is 3.68. The van der Waals surface area contributed by atoms with Gasteiger partial charge in [-0.2, -0.15) is 4.31 Å². The molecule has 0 spiro atoms. The first-order valence-electron chi connectivity index (χ1n) is 11.0. The third-order valence-electron chi connectivity index (χ3n) is 5.76. The number of aryl methyl sites for hydroxylation is 1. The van der Waals surface area contributed by atoms with Crippen LogP contribution in [0.2, 0.25) is 0 Å². The molecule has 1 saturated heterocycles. The lowest BCUT2D eigenvalue weighted by Gasteiger charge is -2.26. The number of amides is 1. The zero-order chi connectivity index (χ0) is 24.2. The number of rotatable bonds is 7. The van der Waals surface area contributed by atoms with Crippen molar-refractivity contribution in [2.45, 2.75) is 57.1 Å². The van der Waals surface area contributed by atoms with E-state index in [9.17, 15) is 22.4 Å². The Labute approximate surface area is 194 Å². The molecule has 0 radical (unpaired) electrons. The standard InChI is InChI=1S/C24H29FN2O5S/c1-16-7-12-21(33(30,31)27-13-5-4-6-14-27)15-22(16)24(29)32-18(3)23(28)26-17(2)19-8-10-20(25)11-9-19/h7-12,15,17-18H,4-6,13-14H2,1-3H3,(H,26,28)/t17-,18+/m1/s1. The van der Waals surface area contributed by atoms with Crippen LogP contribution in [0.15, 0.2) is 47.4 Å². The maximum Gasteiger partial charge on any atom is 0.339 e. The van der Waals surface area contributed by atoms with Gasteiger partial charge in [0.25, 0.3) is 5.91 Å². The van der Waals surface area contributed by atoms with E-state index in [-0.39, 0.29) is 16.3 Å². The highest BCUT2D eigenvalue weighted by Crippen LogP contribution is 2.23. The first-order chi connectivity index (χ1) is 15.6. The van der Waals surface area contributed by atoms with Crippen molar-refractivity contribution in [2.24, 2.45) is 0 Å². The lowest BCUT2D eigenvalue weighted by atomic mass is 10.1. The SMILES string of the molecule is Cc1ccc(S(=O)(=O)N2CCCCC2)cc1C(=O)O[C@@H](C)C(=O)N[C@H](C)c1ccc(F)cc1. The van der Waals surface area contributed by atoms with Crippen molar-refractivity contribution in [1.82, 2.24) is 9.62 Å². The summed E-state index contributed by atoms with van der Waals surface area (Å²) in [6, 6.07) is 9.67. The summed E-state index contributed by atoms with van der Waals surface area (Å²) in [7, 11) is -3.71. The van der Waals surface area contributed by atoms with Crippen molar-refractivity contribution in [1.29, 1.82) is 0 Å². The Hall–Kier alpha value is -2.78. The van der Waals surface area contributed by atoms with Crippen LogP contribution in [0.25, 0.3) is 0 Å². The summed E-state index contributed by atoms with van der Waals surface area (Å²) in [6.45, 7) is 5.77. The number of ether oxygens (including phenoxy) is 1. The van der Waals surface area contributed by atoms with Crippen molar-refractivity contribution in [2.75, 3.05) is 13.1 Å². The zero-order valence-corrected chi connectivity index (χ0v) is 19.8.